The molecule has 0 bridgehead atoms. The number of aromatic nitrogens is 2. The van der Waals surface area contributed by atoms with Gasteiger partial charge in [0.05, 0.1) is 6.20 Å². The fraction of sp³-hybridized carbons (Fsp3) is 0.556. The van der Waals surface area contributed by atoms with Crippen molar-refractivity contribution in [2.24, 2.45) is 0 Å². The van der Waals surface area contributed by atoms with E-state index in [2.05, 4.69) is 15.3 Å². The zero-order valence-corrected chi connectivity index (χ0v) is 10.5. The number of anilines is 1. The van der Waals surface area contributed by atoms with E-state index in [0.717, 1.165) is 12.4 Å². The summed E-state index contributed by atoms with van der Waals surface area (Å²) in [6.07, 6.45) is 3.12. The molecular weight excluding hydrogens is 250 g/mol. The van der Waals surface area contributed by atoms with E-state index >= 15 is 0 Å². The molecule has 1 aromatic heterocycles. The van der Waals surface area contributed by atoms with Gasteiger partial charge in [-0.2, -0.15) is 23.5 Å². The van der Waals surface area contributed by atoms with Gasteiger partial charge in [-0.1, -0.05) is 11.6 Å². The fourth-order valence-electron chi connectivity index (χ4n) is 1.31. The van der Waals surface area contributed by atoms with E-state index in [0.29, 0.717) is 10.3 Å². The highest BCUT2D eigenvalue weighted by molar-refractivity contribution is 8.06. The molecule has 0 radical (unpaired) electrons. The number of rotatable bonds is 3. The van der Waals surface area contributed by atoms with Crippen LogP contribution in [0.25, 0.3) is 0 Å². The molecule has 1 saturated heterocycles. The topological polar surface area (TPSA) is 37.8 Å². The molecule has 0 saturated carbocycles. The van der Waals surface area contributed by atoms with Crippen molar-refractivity contribution in [1.29, 1.82) is 0 Å². The first kappa shape index (κ1) is 11.4. The Kier molecular flexibility index (Phi) is 4.41. The molecule has 0 aromatic carbocycles. The second-order valence-corrected chi connectivity index (χ2v) is 6.13. The lowest BCUT2D eigenvalue weighted by Crippen LogP contribution is -2.23. The Morgan fingerprint density at radius 2 is 2.47 bits per heavy atom. The third-order valence-electron chi connectivity index (χ3n) is 2.05. The molecule has 15 heavy (non-hydrogen) atoms. The number of hydrogen-bond acceptors (Lipinski definition) is 5. The van der Waals surface area contributed by atoms with E-state index in [-0.39, 0.29) is 0 Å². The van der Waals surface area contributed by atoms with E-state index in [1.807, 2.05) is 23.5 Å². The summed E-state index contributed by atoms with van der Waals surface area (Å²) in [5, 5.41) is 4.52. The first-order chi connectivity index (χ1) is 7.36. The fourth-order valence-corrected chi connectivity index (χ4v) is 4.09. The predicted molar refractivity (Wildman–Crippen MR) is 69.1 cm³/mol. The summed E-state index contributed by atoms with van der Waals surface area (Å²) >= 11 is 9.98. The second-order valence-electron chi connectivity index (χ2n) is 3.17. The van der Waals surface area contributed by atoms with Crippen molar-refractivity contribution in [3.63, 3.8) is 0 Å². The number of halogens is 1. The maximum atomic E-state index is 5.94. The summed E-state index contributed by atoms with van der Waals surface area (Å²) in [6.45, 7) is 0.925. The molecule has 1 fully saturated rings. The summed E-state index contributed by atoms with van der Waals surface area (Å²) in [4.78, 5) is 7.94. The Labute approximate surface area is 103 Å². The van der Waals surface area contributed by atoms with Gasteiger partial charge in [0.1, 0.15) is 17.2 Å². The second kappa shape index (κ2) is 5.82. The number of nitrogens with zero attached hydrogens (tertiary/aromatic N) is 2. The lowest BCUT2D eigenvalue weighted by molar-refractivity contribution is 0.987. The zero-order chi connectivity index (χ0) is 10.5. The Hall–Kier alpha value is -0.130. The minimum Gasteiger partial charge on any atom is -0.368 e. The van der Waals surface area contributed by atoms with Gasteiger partial charge in [-0.3, -0.25) is 0 Å². The van der Waals surface area contributed by atoms with Gasteiger partial charge in [0.2, 0.25) is 0 Å². The van der Waals surface area contributed by atoms with Gasteiger partial charge in [-0.25, -0.2) is 9.97 Å². The summed E-state index contributed by atoms with van der Waals surface area (Å²) in [5.41, 5.74) is 0. The van der Waals surface area contributed by atoms with Gasteiger partial charge in [0.15, 0.2) is 0 Å². The van der Waals surface area contributed by atoms with Crippen molar-refractivity contribution in [3.8, 4) is 0 Å². The van der Waals surface area contributed by atoms with E-state index < -0.39 is 0 Å². The molecule has 82 valence electrons. The summed E-state index contributed by atoms with van der Waals surface area (Å²) < 4.78 is 0. The van der Waals surface area contributed by atoms with Crippen LogP contribution in [0.3, 0.4) is 0 Å². The number of nitrogens with one attached hydrogen (secondary N) is 1. The van der Waals surface area contributed by atoms with Crippen LogP contribution in [0, 0.1) is 0 Å². The van der Waals surface area contributed by atoms with Crippen LogP contribution in [0.2, 0.25) is 5.02 Å². The summed E-state index contributed by atoms with van der Waals surface area (Å²) in [5.74, 6) is 4.47. The smallest absolute Gasteiger partial charge is 0.148 e. The highest BCUT2D eigenvalue weighted by atomic mass is 35.5. The molecule has 1 N–H and O–H groups in total. The number of hydrogen-bond donors (Lipinski definition) is 1. The summed E-state index contributed by atoms with van der Waals surface area (Å²) in [6, 6.07) is 0. The van der Waals surface area contributed by atoms with Crippen molar-refractivity contribution in [1.82, 2.24) is 9.97 Å². The molecule has 0 amide bonds. The van der Waals surface area contributed by atoms with Crippen LogP contribution < -0.4 is 5.32 Å². The molecular formula is C9H12ClN3S2. The van der Waals surface area contributed by atoms with E-state index in [1.165, 1.54) is 23.6 Å². The molecule has 0 aliphatic carbocycles. The van der Waals surface area contributed by atoms with Crippen LogP contribution in [0.15, 0.2) is 12.5 Å². The van der Waals surface area contributed by atoms with E-state index in [4.69, 9.17) is 11.6 Å². The average molecular weight is 262 g/mol. The van der Waals surface area contributed by atoms with Crippen LogP contribution in [0.4, 0.5) is 5.82 Å². The molecule has 1 aliphatic rings. The molecule has 0 spiro atoms. The van der Waals surface area contributed by atoms with Crippen LogP contribution in [-0.4, -0.2) is 39.0 Å². The zero-order valence-electron chi connectivity index (χ0n) is 8.15. The van der Waals surface area contributed by atoms with Gasteiger partial charge in [-0.15, -0.1) is 0 Å². The Balaban J connectivity index is 1.84. The molecule has 3 nitrogen and oxygen atoms in total. The SMILES string of the molecule is Clc1cncnc1NCC1CSCCS1. The van der Waals surface area contributed by atoms with Gasteiger partial charge >= 0.3 is 0 Å². The first-order valence-corrected chi connectivity index (χ1v) is 7.33. The van der Waals surface area contributed by atoms with Gasteiger partial charge in [0.25, 0.3) is 0 Å². The Morgan fingerprint density at radius 3 is 3.20 bits per heavy atom. The van der Waals surface area contributed by atoms with Gasteiger partial charge in [0, 0.05) is 29.1 Å². The van der Waals surface area contributed by atoms with Crippen molar-refractivity contribution in [3.05, 3.63) is 17.5 Å². The van der Waals surface area contributed by atoms with Crippen molar-refractivity contribution in [2.45, 2.75) is 5.25 Å². The molecule has 6 heteroatoms. The van der Waals surface area contributed by atoms with Gasteiger partial charge in [-0.05, 0) is 0 Å². The largest absolute Gasteiger partial charge is 0.368 e. The number of thioether (sulfide) groups is 2. The predicted octanol–water partition coefficient (Wildman–Crippen LogP) is 2.39. The average Bonchev–Trinajstić information content (AvgIpc) is 2.29. The Morgan fingerprint density at radius 1 is 1.53 bits per heavy atom. The normalized spacial score (nSPS) is 21.3. The monoisotopic (exact) mass is 261 g/mol. The minimum atomic E-state index is 0.589. The lowest BCUT2D eigenvalue weighted by atomic mass is 10.4. The Bertz CT molecular complexity index is 318. The quantitative estimate of drug-likeness (QED) is 0.905. The van der Waals surface area contributed by atoms with Gasteiger partial charge < -0.3 is 5.32 Å². The highest BCUT2D eigenvalue weighted by Crippen LogP contribution is 2.25. The molecule has 1 atom stereocenters. The first-order valence-electron chi connectivity index (χ1n) is 4.75. The van der Waals surface area contributed by atoms with Crippen LogP contribution in [0.1, 0.15) is 0 Å². The van der Waals surface area contributed by atoms with Crippen molar-refractivity contribution in [2.75, 3.05) is 29.1 Å². The molecule has 2 rings (SSSR count). The standard InChI is InChI=1S/C9H12ClN3S2/c10-8-4-11-6-13-9(8)12-3-7-5-14-1-2-15-7/h4,6-7H,1-3,5H2,(H,11,12,13). The summed E-state index contributed by atoms with van der Waals surface area (Å²) in [7, 11) is 0. The van der Waals surface area contributed by atoms with Crippen molar-refractivity contribution < 1.29 is 0 Å². The van der Waals surface area contributed by atoms with Crippen molar-refractivity contribution >= 4 is 40.9 Å². The lowest BCUT2D eigenvalue weighted by Gasteiger charge is -2.21. The maximum absolute atomic E-state index is 5.94. The maximum Gasteiger partial charge on any atom is 0.148 e. The highest BCUT2D eigenvalue weighted by Gasteiger charge is 2.14. The van der Waals surface area contributed by atoms with Crippen LogP contribution >= 0.6 is 35.1 Å². The van der Waals surface area contributed by atoms with Crippen LogP contribution in [-0.2, 0) is 0 Å². The molecule has 1 aromatic rings. The third-order valence-corrected chi connectivity index (χ3v) is 5.17. The molecule has 1 aliphatic heterocycles. The molecule has 2 heterocycles. The van der Waals surface area contributed by atoms with Crippen LogP contribution in [0.5, 0.6) is 0 Å². The molecule has 1 unspecified atom stereocenters. The minimum absolute atomic E-state index is 0.589. The van der Waals surface area contributed by atoms with E-state index in [1.54, 1.807) is 6.20 Å². The van der Waals surface area contributed by atoms with E-state index in [9.17, 15) is 0 Å². The third kappa shape index (κ3) is 3.43.